The van der Waals surface area contributed by atoms with Crippen LogP contribution < -0.4 is 5.73 Å². The first-order valence-electron chi connectivity index (χ1n) is 7.35. The van der Waals surface area contributed by atoms with Crippen molar-refractivity contribution in [3.8, 4) is 0 Å². The van der Waals surface area contributed by atoms with E-state index < -0.39 is 30.0 Å². The molecule has 0 spiro atoms. The van der Waals surface area contributed by atoms with Gasteiger partial charge in [-0.25, -0.2) is 0 Å². The molecule has 0 aromatic heterocycles. The fourth-order valence-electron chi connectivity index (χ4n) is 2.45. The van der Waals surface area contributed by atoms with Gasteiger partial charge >= 0.3 is 0 Å². The second kappa shape index (κ2) is 6.70. The molecule has 3 aromatic rings. The highest BCUT2D eigenvalue weighted by Crippen LogP contribution is 2.36. The third-order valence-corrected chi connectivity index (χ3v) is 5.29. The van der Waals surface area contributed by atoms with E-state index in [-0.39, 0.29) is 22.1 Å². The number of azo groups is 1. The third-order valence-electron chi connectivity index (χ3n) is 3.63. The fourth-order valence-corrected chi connectivity index (χ4v) is 3.54. The summed E-state index contributed by atoms with van der Waals surface area (Å²) in [6.45, 7) is 0. The molecule has 0 aliphatic heterocycles. The van der Waals surface area contributed by atoms with E-state index in [1.54, 1.807) is 30.3 Å². The second-order valence-corrected chi connectivity index (χ2v) is 8.38. The van der Waals surface area contributed by atoms with Crippen molar-refractivity contribution in [2.45, 2.75) is 9.79 Å². The molecule has 9 nitrogen and oxygen atoms in total. The Morgan fingerprint density at radius 3 is 1.89 bits per heavy atom. The van der Waals surface area contributed by atoms with Crippen molar-refractivity contribution in [3.63, 3.8) is 0 Å². The molecular formula is C16H13N3O6S2. The molecule has 0 amide bonds. The van der Waals surface area contributed by atoms with E-state index in [1.165, 1.54) is 0 Å². The Hall–Kier alpha value is -2.86. The minimum absolute atomic E-state index is 0.00312. The Labute approximate surface area is 154 Å². The lowest BCUT2D eigenvalue weighted by molar-refractivity contribution is 0.481. The van der Waals surface area contributed by atoms with E-state index in [1.807, 2.05) is 0 Å². The maximum atomic E-state index is 11.6. The lowest BCUT2D eigenvalue weighted by Crippen LogP contribution is -2.02. The lowest BCUT2D eigenvalue weighted by atomic mass is 10.1. The molecule has 0 radical (unpaired) electrons. The maximum absolute atomic E-state index is 11.6. The predicted octanol–water partition coefficient (Wildman–Crippen LogP) is 3.33. The zero-order valence-corrected chi connectivity index (χ0v) is 15.1. The number of fused-ring (bicyclic) bond motifs is 1. The van der Waals surface area contributed by atoms with Gasteiger partial charge in [0.1, 0.15) is 0 Å². The molecule has 140 valence electrons. The van der Waals surface area contributed by atoms with Crippen LogP contribution in [0.1, 0.15) is 0 Å². The van der Waals surface area contributed by atoms with Crippen molar-refractivity contribution < 1.29 is 25.9 Å². The summed E-state index contributed by atoms with van der Waals surface area (Å²) in [5, 5.41) is 8.23. The summed E-state index contributed by atoms with van der Waals surface area (Å²) in [6, 6.07) is 12.7. The van der Waals surface area contributed by atoms with Crippen molar-refractivity contribution >= 4 is 48.1 Å². The van der Waals surface area contributed by atoms with E-state index in [0.717, 1.165) is 24.3 Å². The van der Waals surface area contributed by atoms with Crippen LogP contribution in [0.4, 0.5) is 17.1 Å². The summed E-state index contributed by atoms with van der Waals surface area (Å²) in [7, 11) is -9.19. The molecule has 0 heterocycles. The van der Waals surface area contributed by atoms with Crippen LogP contribution in [0.15, 0.2) is 74.6 Å². The van der Waals surface area contributed by atoms with Crippen LogP contribution in [0.3, 0.4) is 0 Å². The van der Waals surface area contributed by atoms with E-state index in [2.05, 4.69) is 10.2 Å². The average molecular weight is 407 g/mol. The van der Waals surface area contributed by atoms with Gasteiger partial charge in [0.25, 0.3) is 20.2 Å². The van der Waals surface area contributed by atoms with Crippen LogP contribution in [0, 0.1) is 0 Å². The van der Waals surface area contributed by atoms with Gasteiger partial charge in [-0.15, -0.1) is 5.11 Å². The number of hydrogen-bond donors (Lipinski definition) is 3. The minimum atomic E-state index is -4.62. The molecule has 0 unspecified atom stereocenters. The monoisotopic (exact) mass is 407 g/mol. The number of benzene rings is 3. The van der Waals surface area contributed by atoms with Crippen molar-refractivity contribution in [3.05, 3.63) is 54.6 Å². The zero-order chi connectivity index (χ0) is 19.8. The van der Waals surface area contributed by atoms with Gasteiger partial charge in [0.2, 0.25) is 0 Å². The standard InChI is InChI=1S/C16H13N3O6S2/c17-14-8-12(26(20,21)22)6-10-7-13(27(23,24)25)9-15(16(10)14)19-18-11-4-2-1-3-5-11/h1-9H,17H2,(H,20,21,22)(H,23,24,25). The van der Waals surface area contributed by atoms with E-state index in [9.17, 15) is 25.9 Å². The van der Waals surface area contributed by atoms with Gasteiger partial charge in [0.15, 0.2) is 0 Å². The van der Waals surface area contributed by atoms with Crippen LogP contribution >= 0.6 is 0 Å². The van der Waals surface area contributed by atoms with Gasteiger partial charge in [-0.05, 0) is 41.8 Å². The number of anilines is 1. The van der Waals surface area contributed by atoms with Crippen molar-refractivity contribution in [1.82, 2.24) is 0 Å². The Morgan fingerprint density at radius 2 is 1.33 bits per heavy atom. The molecular weight excluding hydrogens is 394 g/mol. The Bertz CT molecular complexity index is 1270. The number of nitrogen functional groups attached to an aromatic ring is 1. The highest BCUT2D eigenvalue weighted by Gasteiger charge is 2.19. The lowest BCUT2D eigenvalue weighted by Gasteiger charge is -2.09. The number of nitrogens with two attached hydrogens (primary N) is 1. The summed E-state index contributed by atoms with van der Waals surface area (Å²) in [5.74, 6) is 0. The van der Waals surface area contributed by atoms with Crippen molar-refractivity contribution in [2.24, 2.45) is 10.2 Å². The molecule has 0 atom stereocenters. The van der Waals surface area contributed by atoms with Gasteiger partial charge in [-0.2, -0.15) is 21.9 Å². The fraction of sp³-hybridized carbons (Fsp3) is 0. The van der Waals surface area contributed by atoms with Crippen molar-refractivity contribution in [2.75, 3.05) is 5.73 Å². The number of rotatable bonds is 4. The van der Waals surface area contributed by atoms with Gasteiger partial charge < -0.3 is 5.73 Å². The molecule has 3 aromatic carbocycles. The summed E-state index contributed by atoms with van der Waals surface area (Å²) in [4.78, 5) is -1.05. The molecule has 4 N–H and O–H groups in total. The third kappa shape index (κ3) is 4.11. The smallest absolute Gasteiger partial charge is 0.294 e. The first kappa shape index (κ1) is 18.9. The summed E-state index contributed by atoms with van der Waals surface area (Å²) in [6.07, 6.45) is 0. The predicted molar refractivity (Wildman–Crippen MR) is 98.6 cm³/mol. The van der Waals surface area contributed by atoms with E-state index >= 15 is 0 Å². The first-order chi connectivity index (χ1) is 12.6. The second-order valence-electron chi connectivity index (χ2n) is 5.54. The molecule has 0 aliphatic carbocycles. The maximum Gasteiger partial charge on any atom is 0.294 e. The van der Waals surface area contributed by atoms with Gasteiger partial charge in [0.05, 0.1) is 21.2 Å². The normalized spacial score (nSPS) is 12.7. The zero-order valence-electron chi connectivity index (χ0n) is 13.5. The minimum Gasteiger partial charge on any atom is -0.398 e. The number of nitrogens with zero attached hydrogens (tertiary/aromatic N) is 2. The van der Waals surface area contributed by atoms with Crippen LogP contribution in [0.2, 0.25) is 0 Å². The van der Waals surface area contributed by atoms with Gasteiger partial charge in [-0.3, -0.25) is 9.11 Å². The summed E-state index contributed by atoms with van der Waals surface area (Å²) >= 11 is 0. The summed E-state index contributed by atoms with van der Waals surface area (Å²) in [5.41, 5.74) is 6.31. The first-order valence-corrected chi connectivity index (χ1v) is 10.2. The van der Waals surface area contributed by atoms with E-state index in [4.69, 9.17) is 5.73 Å². The SMILES string of the molecule is Nc1cc(S(=O)(=O)O)cc2cc(S(=O)(=O)O)cc(N=Nc3ccccc3)c12. The van der Waals surface area contributed by atoms with Crippen LogP contribution in [0.25, 0.3) is 10.8 Å². The quantitative estimate of drug-likeness (QED) is 0.339. The van der Waals surface area contributed by atoms with Gasteiger partial charge in [-0.1, -0.05) is 18.2 Å². The molecule has 0 fully saturated rings. The Kier molecular flexibility index (Phi) is 4.70. The Balaban J connectivity index is 2.32. The molecule has 11 heteroatoms. The van der Waals surface area contributed by atoms with Crippen LogP contribution in [-0.2, 0) is 20.2 Å². The number of hydrogen-bond acceptors (Lipinski definition) is 7. The summed E-state index contributed by atoms with van der Waals surface area (Å²) < 4.78 is 64.5. The van der Waals surface area contributed by atoms with Crippen LogP contribution in [0.5, 0.6) is 0 Å². The molecule has 3 rings (SSSR count). The topological polar surface area (TPSA) is 159 Å². The average Bonchev–Trinajstić information content (AvgIpc) is 2.58. The highest BCUT2D eigenvalue weighted by atomic mass is 32.2. The Morgan fingerprint density at radius 1 is 0.778 bits per heavy atom. The molecule has 27 heavy (non-hydrogen) atoms. The van der Waals surface area contributed by atoms with E-state index in [0.29, 0.717) is 5.69 Å². The highest BCUT2D eigenvalue weighted by molar-refractivity contribution is 7.86. The van der Waals surface area contributed by atoms with Gasteiger partial charge in [0, 0.05) is 11.1 Å². The van der Waals surface area contributed by atoms with Crippen LogP contribution in [-0.4, -0.2) is 25.9 Å². The molecule has 0 aliphatic rings. The molecule has 0 saturated carbocycles. The molecule has 0 saturated heterocycles. The van der Waals surface area contributed by atoms with Crippen molar-refractivity contribution in [1.29, 1.82) is 0 Å². The molecule has 0 bridgehead atoms. The largest absolute Gasteiger partial charge is 0.398 e.